The van der Waals surface area contributed by atoms with Gasteiger partial charge in [-0.05, 0) is 99.4 Å². The Bertz CT molecular complexity index is 1020. The minimum atomic E-state index is -3.60. The normalized spacial score (nSPS) is 23.5. The second kappa shape index (κ2) is 9.01. The predicted molar refractivity (Wildman–Crippen MR) is 121 cm³/mol. The number of benzene rings is 2. The van der Waals surface area contributed by atoms with E-state index in [1.165, 1.54) is 31.4 Å². The topological polar surface area (TPSA) is 84.5 Å². The molecule has 2 bridgehead atoms. The van der Waals surface area contributed by atoms with Crippen molar-refractivity contribution in [3.05, 3.63) is 54.1 Å². The van der Waals surface area contributed by atoms with Gasteiger partial charge >= 0.3 is 0 Å². The van der Waals surface area contributed by atoms with Crippen molar-refractivity contribution in [3.63, 3.8) is 0 Å². The molecule has 0 radical (unpaired) electrons. The van der Waals surface area contributed by atoms with Gasteiger partial charge in [0.1, 0.15) is 5.75 Å². The Morgan fingerprint density at radius 1 is 1.06 bits per heavy atom. The van der Waals surface area contributed by atoms with Gasteiger partial charge in [-0.25, -0.2) is 13.1 Å². The maximum absolute atomic E-state index is 12.8. The Hall–Kier alpha value is -2.38. The van der Waals surface area contributed by atoms with E-state index in [2.05, 4.69) is 10.0 Å². The molecule has 2 aliphatic carbocycles. The van der Waals surface area contributed by atoms with Crippen molar-refractivity contribution in [3.8, 4) is 5.75 Å². The average Bonchev–Trinajstić information content (AvgIpc) is 3.38. The van der Waals surface area contributed by atoms with Crippen LogP contribution in [0.2, 0.25) is 0 Å². The van der Waals surface area contributed by atoms with Crippen LogP contribution in [0.4, 0.5) is 5.69 Å². The fraction of sp³-hybridized carbons (Fsp3) is 0.458. The molecule has 2 aromatic carbocycles. The Labute approximate surface area is 184 Å². The minimum absolute atomic E-state index is 0.0701. The number of fused-ring (bicyclic) bond motifs is 2. The summed E-state index contributed by atoms with van der Waals surface area (Å²) in [6.07, 6.45) is 4.90. The standard InChI is InChI=1S/C24H30N2O4S/c1-3-30-21-10-6-18(7-11-21)24(27)25-20-8-12-22(13-9-20)31(28,29)26-16(2)23-15-17-4-5-19(23)14-17/h6-13,16-17,19,23,26H,3-5,14-15H2,1-2H3,(H,25,27). The van der Waals surface area contributed by atoms with Crippen molar-refractivity contribution in [2.75, 3.05) is 11.9 Å². The molecule has 0 spiro atoms. The van der Waals surface area contributed by atoms with E-state index in [0.717, 1.165) is 12.3 Å². The van der Waals surface area contributed by atoms with E-state index in [-0.39, 0.29) is 16.8 Å². The number of amides is 1. The van der Waals surface area contributed by atoms with E-state index in [1.54, 1.807) is 36.4 Å². The summed E-state index contributed by atoms with van der Waals surface area (Å²) in [6, 6.07) is 13.1. The highest BCUT2D eigenvalue weighted by Gasteiger charge is 2.42. The molecule has 7 heteroatoms. The molecule has 0 aromatic heterocycles. The Balaban J connectivity index is 1.37. The predicted octanol–water partition coefficient (Wildman–Crippen LogP) is 4.44. The summed E-state index contributed by atoms with van der Waals surface area (Å²) >= 11 is 0. The zero-order valence-electron chi connectivity index (χ0n) is 18.0. The van der Waals surface area contributed by atoms with Crippen LogP contribution in [-0.2, 0) is 10.0 Å². The molecule has 6 nitrogen and oxygen atoms in total. The molecule has 2 fully saturated rings. The third-order valence-electron chi connectivity index (χ3n) is 6.63. The summed E-state index contributed by atoms with van der Waals surface area (Å²) in [7, 11) is -3.60. The molecule has 31 heavy (non-hydrogen) atoms. The number of hydrogen-bond acceptors (Lipinski definition) is 4. The molecule has 166 valence electrons. The van der Waals surface area contributed by atoms with Gasteiger partial charge in [-0.1, -0.05) is 6.42 Å². The first kappa shape index (κ1) is 21.8. The fourth-order valence-corrected chi connectivity index (χ4v) is 6.39. The van der Waals surface area contributed by atoms with Crippen molar-refractivity contribution >= 4 is 21.6 Å². The number of carbonyl (C=O) groups is 1. The van der Waals surface area contributed by atoms with Gasteiger partial charge in [-0.3, -0.25) is 4.79 Å². The maximum atomic E-state index is 12.8. The van der Waals surface area contributed by atoms with Crippen molar-refractivity contribution in [1.29, 1.82) is 0 Å². The van der Waals surface area contributed by atoms with Crippen LogP contribution in [-0.4, -0.2) is 27.0 Å². The SMILES string of the molecule is CCOc1ccc(C(=O)Nc2ccc(S(=O)(=O)NC(C)C3CC4CCC3C4)cc2)cc1. The quantitative estimate of drug-likeness (QED) is 0.633. The van der Waals surface area contributed by atoms with Crippen LogP contribution in [0.15, 0.2) is 53.4 Å². The van der Waals surface area contributed by atoms with Crippen LogP contribution in [0.25, 0.3) is 0 Å². The highest BCUT2D eigenvalue weighted by molar-refractivity contribution is 7.89. The van der Waals surface area contributed by atoms with Gasteiger partial charge in [0, 0.05) is 17.3 Å². The number of anilines is 1. The van der Waals surface area contributed by atoms with Crippen LogP contribution in [0.3, 0.4) is 0 Å². The van der Waals surface area contributed by atoms with Gasteiger partial charge in [-0.15, -0.1) is 0 Å². The summed E-state index contributed by atoms with van der Waals surface area (Å²) in [5.41, 5.74) is 1.04. The van der Waals surface area contributed by atoms with E-state index < -0.39 is 10.0 Å². The van der Waals surface area contributed by atoms with Crippen LogP contribution < -0.4 is 14.8 Å². The van der Waals surface area contributed by atoms with E-state index in [1.807, 2.05) is 13.8 Å². The molecule has 2 N–H and O–H groups in total. The molecular weight excluding hydrogens is 412 g/mol. The summed E-state index contributed by atoms with van der Waals surface area (Å²) in [5, 5.41) is 2.80. The van der Waals surface area contributed by atoms with Gasteiger partial charge in [0.15, 0.2) is 0 Å². The Morgan fingerprint density at radius 3 is 2.35 bits per heavy atom. The van der Waals surface area contributed by atoms with Gasteiger partial charge in [-0.2, -0.15) is 0 Å². The first-order valence-electron chi connectivity index (χ1n) is 11.0. The summed E-state index contributed by atoms with van der Waals surface area (Å²) in [4.78, 5) is 12.6. The molecule has 4 atom stereocenters. The fourth-order valence-electron chi connectivity index (χ4n) is 5.10. The number of rotatable bonds is 8. The molecule has 2 aliphatic rings. The molecule has 2 aromatic rings. The molecule has 1 amide bonds. The van der Waals surface area contributed by atoms with Crippen LogP contribution in [0, 0.1) is 17.8 Å². The second-order valence-corrected chi connectivity index (χ2v) is 10.4. The highest BCUT2D eigenvalue weighted by atomic mass is 32.2. The first-order chi connectivity index (χ1) is 14.9. The molecular formula is C24H30N2O4S. The third-order valence-corrected chi connectivity index (χ3v) is 8.20. The molecule has 0 heterocycles. The van der Waals surface area contributed by atoms with E-state index >= 15 is 0 Å². The lowest BCUT2D eigenvalue weighted by Crippen LogP contribution is -2.40. The molecule has 4 unspecified atom stereocenters. The van der Waals surface area contributed by atoms with Crippen molar-refractivity contribution in [2.24, 2.45) is 17.8 Å². The average molecular weight is 443 g/mol. The molecule has 2 saturated carbocycles. The number of nitrogens with one attached hydrogen (secondary N) is 2. The summed E-state index contributed by atoms with van der Waals surface area (Å²) in [6.45, 7) is 4.45. The lowest BCUT2D eigenvalue weighted by molar-refractivity contribution is 0.102. The molecule has 0 aliphatic heterocycles. The molecule has 0 saturated heterocycles. The minimum Gasteiger partial charge on any atom is -0.494 e. The number of ether oxygens (including phenoxy) is 1. The monoisotopic (exact) mass is 442 g/mol. The Kier molecular flexibility index (Phi) is 6.34. The lowest BCUT2D eigenvalue weighted by atomic mass is 9.84. The van der Waals surface area contributed by atoms with Crippen molar-refractivity contribution < 1.29 is 17.9 Å². The zero-order chi connectivity index (χ0) is 22.0. The number of hydrogen-bond donors (Lipinski definition) is 2. The van der Waals surface area contributed by atoms with Gasteiger partial charge in [0.25, 0.3) is 5.91 Å². The van der Waals surface area contributed by atoms with Crippen molar-refractivity contribution in [1.82, 2.24) is 4.72 Å². The van der Waals surface area contributed by atoms with Gasteiger partial charge in [0.05, 0.1) is 11.5 Å². The summed E-state index contributed by atoms with van der Waals surface area (Å²) in [5.74, 6) is 2.31. The second-order valence-electron chi connectivity index (χ2n) is 8.68. The highest BCUT2D eigenvalue weighted by Crippen LogP contribution is 2.49. The van der Waals surface area contributed by atoms with Crippen LogP contribution in [0.1, 0.15) is 49.9 Å². The van der Waals surface area contributed by atoms with E-state index in [9.17, 15) is 13.2 Å². The van der Waals surface area contributed by atoms with Gasteiger partial charge < -0.3 is 10.1 Å². The van der Waals surface area contributed by atoms with Gasteiger partial charge in [0.2, 0.25) is 10.0 Å². The largest absolute Gasteiger partial charge is 0.494 e. The van der Waals surface area contributed by atoms with Crippen LogP contribution >= 0.6 is 0 Å². The first-order valence-corrected chi connectivity index (χ1v) is 12.5. The zero-order valence-corrected chi connectivity index (χ0v) is 18.8. The lowest BCUT2D eigenvalue weighted by Gasteiger charge is -2.28. The van der Waals surface area contributed by atoms with E-state index in [0.29, 0.717) is 35.4 Å². The van der Waals surface area contributed by atoms with E-state index in [4.69, 9.17) is 4.74 Å². The van der Waals surface area contributed by atoms with Crippen molar-refractivity contribution in [2.45, 2.75) is 50.5 Å². The third kappa shape index (κ3) is 4.93. The molecule has 4 rings (SSSR count). The number of sulfonamides is 1. The smallest absolute Gasteiger partial charge is 0.255 e. The van der Waals surface area contributed by atoms with Crippen LogP contribution in [0.5, 0.6) is 5.75 Å². The summed E-state index contributed by atoms with van der Waals surface area (Å²) < 4.78 is 33.9. The Morgan fingerprint density at radius 2 is 1.77 bits per heavy atom. The maximum Gasteiger partial charge on any atom is 0.255 e. The number of carbonyl (C=O) groups excluding carboxylic acids is 1.